The van der Waals surface area contributed by atoms with Crippen molar-refractivity contribution in [1.82, 2.24) is 0 Å². The van der Waals surface area contributed by atoms with E-state index in [1.165, 1.54) is 0 Å². The van der Waals surface area contributed by atoms with Gasteiger partial charge in [-0.25, -0.2) is 0 Å². The predicted octanol–water partition coefficient (Wildman–Crippen LogP) is 2.90. The molecule has 100 valence electrons. The Bertz CT molecular complexity index is 265. The summed E-state index contributed by atoms with van der Waals surface area (Å²) in [7, 11) is 0. The van der Waals surface area contributed by atoms with Gasteiger partial charge in [-0.15, -0.1) is 0 Å². The molecule has 0 fully saturated rings. The van der Waals surface area contributed by atoms with Crippen molar-refractivity contribution in [2.75, 3.05) is 0 Å². The summed E-state index contributed by atoms with van der Waals surface area (Å²) < 4.78 is 10.3. The van der Waals surface area contributed by atoms with Gasteiger partial charge in [0, 0.05) is 13.8 Å². The molecule has 0 aromatic rings. The second kappa shape index (κ2) is 6.62. The lowest BCUT2D eigenvalue weighted by molar-refractivity contribution is -0.221. The molecule has 0 aromatic heterocycles. The molecule has 0 saturated heterocycles. The summed E-state index contributed by atoms with van der Waals surface area (Å²) in [6, 6.07) is 0. The molecule has 0 aromatic carbocycles. The molecule has 0 rings (SSSR count). The number of rotatable bonds is 6. The van der Waals surface area contributed by atoms with E-state index in [4.69, 9.17) is 9.47 Å². The second-order valence-corrected chi connectivity index (χ2v) is 4.91. The number of esters is 2. The molecule has 0 aliphatic rings. The van der Waals surface area contributed by atoms with E-state index in [-0.39, 0.29) is 23.8 Å². The quantitative estimate of drug-likeness (QED) is 0.532. The van der Waals surface area contributed by atoms with Gasteiger partial charge in [-0.05, 0) is 12.8 Å². The molecule has 0 saturated carbocycles. The maximum atomic E-state index is 11.8. The van der Waals surface area contributed by atoms with Crippen LogP contribution in [0, 0.1) is 11.8 Å². The van der Waals surface area contributed by atoms with E-state index in [1.807, 2.05) is 13.8 Å². The maximum absolute atomic E-state index is 11.8. The maximum Gasteiger partial charge on any atom is 0.312 e. The molecule has 0 bridgehead atoms. The number of carbonyl (C=O) groups excluding carboxylic acids is 2. The number of ether oxygens (including phenoxy) is 2. The molecule has 4 heteroatoms. The van der Waals surface area contributed by atoms with E-state index < -0.39 is 5.79 Å². The molecule has 0 aliphatic heterocycles. The predicted molar refractivity (Wildman–Crippen MR) is 65.2 cm³/mol. The monoisotopic (exact) mass is 244 g/mol. The fourth-order valence-electron chi connectivity index (χ4n) is 1.33. The zero-order chi connectivity index (χ0) is 13.6. The summed E-state index contributed by atoms with van der Waals surface area (Å²) in [6.45, 7) is 10.5. The highest BCUT2D eigenvalue weighted by Crippen LogP contribution is 2.19. The minimum absolute atomic E-state index is 0.132. The van der Waals surface area contributed by atoms with Gasteiger partial charge in [0.05, 0.1) is 11.8 Å². The largest absolute Gasteiger partial charge is 0.423 e. The topological polar surface area (TPSA) is 52.6 Å². The highest BCUT2D eigenvalue weighted by atomic mass is 16.7. The van der Waals surface area contributed by atoms with Crippen LogP contribution in [0.15, 0.2) is 0 Å². The third-order valence-electron chi connectivity index (χ3n) is 2.48. The Morgan fingerprint density at radius 3 is 1.76 bits per heavy atom. The standard InChI is InChI=1S/C13H24O4/c1-7-10(8-2)12(15)17-13(5,6)16-11(14)9(3)4/h9-10H,7-8H2,1-6H3. The Morgan fingerprint density at radius 1 is 1.00 bits per heavy atom. The Balaban J connectivity index is 4.43. The summed E-state index contributed by atoms with van der Waals surface area (Å²) >= 11 is 0. The van der Waals surface area contributed by atoms with Crippen molar-refractivity contribution in [2.24, 2.45) is 11.8 Å². The summed E-state index contributed by atoms with van der Waals surface area (Å²) in [5, 5.41) is 0. The van der Waals surface area contributed by atoms with Crippen LogP contribution in [0.5, 0.6) is 0 Å². The van der Waals surface area contributed by atoms with E-state index >= 15 is 0 Å². The molecule has 0 radical (unpaired) electrons. The number of carbonyl (C=O) groups is 2. The minimum Gasteiger partial charge on any atom is -0.423 e. The first-order chi connectivity index (χ1) is 7.73. The van der Waals surface area contributed by atoms with Crippen LogP contribution in [0.2, 0.25) is 0 Å². The average Bonchev–Trinajstić information content (AvgIpc) is 2.17. The highest BCUT2D eigenvalue weighted by molar-refractivity contribution is 5.74. The van der Waals surface area contributed by atoms with E-state index in [2.05, 4.69) is 0 Å². The molecule has 0 N–H and O–H groups in total. The van der Waals surface area contributed by atoms with Crippen LogP contribution in [-0.2, 0) is 19.1 Å². The number of hydrogen-bond donors (Lipinski definition) is 0. The van der Waals surface area contributed by atoms with Gasteiger partial charge in [0.25, 0.3) is 5.79 Å². The highest BCUT2D eigenvalue weighted by Gasteiger charge is 2.30. The minimum atomic E-state index is -1.19. The molecule has 4 nitrogen and oxygen atoms in total. The summed E-state index contributed by atoms with van der Waals surface area (Å²) in [4.78, 5) is 23.2. The van der Waals surface area contributed by atoms with Crippen molar-refractivity contribution in [3.05, 3.63) is 0 Å². The van der Waals surface area contributed by atoms with Crippen molar-refractivity contribution in [1.29, 1.82) is 0 Å². The molecular weight excluding hydrogens is 220 g/mol. The van der Waals surface area contributed by atoms with Crippen LogP contribution < -0.4 is 0 Å². The van der Waals surface area contributed by atoms with Crippen LogP contribution in [0.4, 0.5) is 0 Å². The van der Waals surface area contributed by atoms with Gasteiger partial charge in [0.1, 0.15) is 0 Å². The SMILES string of the molecule is CCC(CC)C(=O)OC(C)(C)OC(=O)C(C)C. The third-order valence-corrected chi connectivity index (χ3v) is 2.48. The Labute approximate surface area is 104 Å². The van der Waals surface area contributed by atoms with Crippen molar-refractivity contribution >= 4 is 11.9 Å². The van der Waals surface area contributed by atoms with Crippen LogP contribution in [0.25, 0.3) is 0 Å². The van der Waals surface area contributed by atoms with Crippen LogP contribution in [-0.4, -0.2) is 17.7 Å². The van der Waals surface area contributed by atoms with Crippen LogP contribution in [0.1, 0.15) is 54.4 Å². The van der Waals surface area contributed by atoms with Crippen molar-refractivity contribution in [2.45, 2.75) is 60.2 Å². The first-order valence-corrected chi connectivity index (χ1v) is 6.19. The van der Waals surface area contributed by atoms with Gasteiger partial charge in [-0.1, -0.05) is 27.7 Å². The van der Waals surface area contributed by atoms with Gasteiger partial charge in [0.2, 0.25) is 0 Å². The van der Waals surface area contributed by atoms with Crippen molar-refractivity contribution in [3.63, 3.8) is 0 Å². The molecule has 0 atom stereocenters. The smallest absolute Gasteiger partial charge is 0.312 e. The molecule has 0 heterocycles. The van der Waals surface area contributed by atoms with E-state index in [9.17, 15) is 9.59 Å². The van der Waals surface area contributed by atoms with Gasteiger partial charge < -0.3 is 9.47 Å². The normalized spacial score (nSPS) is 11.8. The third kappa shape index (κ3) is 5.71. The molecule has 0 amide bonds. The van der Waals surface area contributed by atoms with E-state index in [0.717, 1.165) is 12.8 Å². The summed E-state index contributed by atoms with van der Waals surface area (Å²) in [5.74, 6) is -2.24. The van der Waals surface area contributed by atoms with Crippen molar-refractivity contribution < 1.29 is 19.1 Å². The lowest BCUT2D eigenvalue weighted by Gasteiger charge is -2.27. The first-order valence-electron chi connectivity index (χ1n) is 6.19. The molecule has 0 spiro atoms. The van der Waals surface area contributed by atoms with Crippen LogP contribution in [0.3, 0.4) is 0 Å². The zero-order valence-electron chi connectivity index (χ0n) is 11.7. The Morgan fingerprint density at radius 2 is 1.41 bits per heavy atom. The van der Waals surface area contributed by atoms with Gasteiger partial charge >= 0.3 is 11.9 Å². The van der Waals surface area contributed by atoms with E-state index in [1.54, 1.807) is 27.7 Å². The first kappa shape index (κ1) is 15.9. The van der Waals surface area contributed by atoms with Gasteiger partial charge in [-0.3, -0.25) is 9.59 Å². The molecular formula is C13H24O4. The Kier molecular flexibility index (Phi) is 6.21. The molecule has 17 heavy (non-hydrogen) atoms. The summed E-state index contributed by atoms with van der Waals surface area (Å²) in [5.41, 5.74) is 0. The summed E-state index contributed by atoms with van der Waals surface area (Å²) in [6.07, 6.45) is 1.45. The van der Waals surface area contributed by atoms with Gasteiger partial charge in [0.15, 0.2) is 0 Å². The Hall–Kier alpha value is -1.06. The van der Waals surface area contributed by atoms with Crippen molar-refractivity contribution in [3.8, 4) is 0 Å². The lowest BCUT2D eigenvalue weighted by atomic mass is 10.0. The lowest BCUT2D eigenvalue weighted by Crippen LogP contribution is -2.37. The second-order valence-electron chi connectivity index (χ2n) is 4.91. The average molecular weight is 244 g/mol. The van der Waals surface area contributed by atoms with Gasteiger partial charge in [-0.2, -0.15) is 0 Å². The molecule has 0 aliphatic carbocycles. The fraction of sp³-hybridized carbons (Fsp3) is 0.846. The van der Waals surface area contributed by atoms with Crippen LogP contribution >= 0.6 is 0 Å². The zero-order valence-corrected chi connectivity index (χ0v) is 11.7. The number of hydrogen-bond acceptors (Lipinski definition) is 4. The van der Waals surface area contributed by atoms with E-state index in [0.29, 0.717) is 0 Å². The molecule has 0 unspecified atom stereocenters. The fourth-order valence-corrected chi connectivity index (χ4v) is 1.33.